The first-order chi connectivity index (χ1) is 7.36. The normalized spacial score (nSPS) is 10.7. The molecular formula is C12H10N2O. The maximum Gasteiger partial charge on any atom is 0.151 e. The number of benzene rings is 1. The average Bonchev–Trinajstić information content (AvgIpc) is 2.29. The van der Waals surface area contributed by atoms with Gasteiger partial charge in [-0.2, -0.15) is 0 Å². The van der Waals surface area contributed by atoms with Crippen molar-refractivity contribution in [2.24, 2.45) is 4.99 Å². The lowest BCUT2D eigenvalue weighted by molar-refractivity contribution is 0.474. The minimum Gasteiger partial charge on any atom is -0.507 e. The monoisotopic (exact) mass is 198 g/mol. The van der Waals surface area contributed by atoms with E-state index in [9.17, 15) is 5.11 Å². The predicted molar refractivity (Wildman–Crippen MR) is 59.6 cm³/mol. The molecule has 3 heteroatoms. The van der Waals surface area contributed by atoms with E-state index >= 15 is 0 Å². The number of phenols is 1. The van der Waals surface area contributed by atoms with E-state index in [1.54, 1.807) is 36.7 Å². The average molecular weight is 198 g/mol. The van der Waals surface area contributed by atoms with Gasteiger partial charge in [-0.15, -0.1) is 0 Å². The van der Waals surface area contributed by atoms with Gasteiger partial charge < -0.3 is 5.11 Å². The molecule has 0 saturated heterocycles. The van der Waals surface area contributed by atoms with Gasteiger partial charge in [-0.1, -0.05) is 18.2 Å². The SMILES string of the molecule is Oc1ccccc1/C=N/c1ccccn1. The number of para-hydroxylation sites is 1. The summed E-state index contributed by atoms with van der Waals surface area (Å²) in [6.45, 7) is 0. The van der Waals surface area contributed by atoms with Crippen LogP contribution in [-0.2, 0) is 0 Å². The molecule has 0 amide bonds. The molecule has 1 aromatic heterocycles. The second kappa shape index (κ2) is 4.37. The third kappa shape index (κ3) is 2.40. The first kappa shape index (κ1) is 9.40. The highest BCUT2D eigenvalue weighted by Gasteiger charge is 1.94. The summed E-state index contributed by atoms with van der Waals surface area (Å²) in [5, 5.41) is 9.48. The van der Waals surface area contributed by atoms with E-state index in [0.29, 0.717) is 11.4 Å². The van der Waals surface area contributed by atoms with Crippen molar-refractivity contribution in [1.29, 1.82) is 0 Å². The van der Waals surface area contributed by atoms with Crippen LogP contribution in [0.25, 0.3) is 0 Å². The quantitative estimate of drug-likeness (QED) is 0.753. The Bertz CT molecular complexity index is 466. The van der Waals surface area contributed by atoms with E-state index in [4.69, 9.17) is 0 Å². The van der Waals surface area contributed by atoms with Crippen LogP contribution < -0.4 is 0 Å². The molecule has 0 aliphatic heterocycles. The maximum absolute atomic E-state index is 9.48. The Kier molecular flexibility index (Phi) is 2.74. The first-order valence-corrected chi connectivity index (χ1v) is 4.59. The number of hydrogen-bond donors (Lipinski definition) is 1. The second-order valence-corrected chi connectivity index (χ2v) is 3.00. The Hall–Kier alpha value is -2.16. The lowest BCUT2D eigenvalue weighted by atomic mass is 10.2. The summed E-state index contributed by atoms with van der Waals surface area (Å²) >= 11 is 0. The zero-order valence-corrected chi connectivity index (χ0v) is 8.04. The molecule has 2 rings (SSSR count). The van der Waals surface area contributed by atoms with E-state index in [1.807, 2.05) is 18.2 Å². The van der Waals surface area contributed by atoms with Crippen LogP contribution in [0.2, 0.25) is 0 Å². The van der Waals surface area contributed by atoms with Gasteiger partial charge in [0, 0.05) is 18.0 Å². The maximum atomic E-state index is 9.48. The largest absolute Gasteiger partial charge is 0.507 e. The lowest BCUT2D eigenvalue weighted by Crippen LogP contribution is -1.81. The van der Waals surface area contributed by atoms with Crippen molar-refractivity contribution in [2.75, 3.05) is 0 Å². The number of aliphatic imine (C=N–C) groups is 1. The molecule has 0 aliphatic carbocycles. The number of rotatable bonds is 2. The van der Waals surface area contributed by atoms with Gasteiger partial charge in [-0.25, -0.2) is 9.98 Å². The summed E-state index contributed by atoms with van der Waals surface area (Å²) < 4.78 is 0. The summed E-state index contributed by atoms with van der Waals surface area (Å²) in [5.41, 5.74) is 0.683. The van der Waals surface area contributed by atoms with Crippen molar-refractivity contribution < 1.29 is 5.11 Å². The van der Waals surface area contributed by atoms with Gasteiger partial charge in [0.15, 0.2) is 5.82 Å². The van der Waals surface area contributed by atoms with Gasteiger partial charge in [0.2, 0.25) is 0 Å². The fourth-order valence-corrected chi connectivity index (χ4v) is 1.16. The van der Waals surface area contributed by atoms with Crippen LogP contribution in [0.4, 0.5) is 5.82 Å². The van der Waals surface area contributed by atoms with Crippen molar-refractivity contribution in [1.82, 2.24) is 4.98 Å². The molecule has 1 heterocycles. The molecule has 3 nitrogen and oxygen atoms in total. The van der Waals surface area contributed by atoms with Crippen LogP contribution in [0.3, 0.4) is 0 Å². The molecule has 0 aliphatic rings. The Morgan fingerprint density at radius 3 is 2.60 bits per heavy atom. The van der Waals surface area contributed by atoms with Crippen LogP contribution >= 0.6 is 0 Å². The molecule has 0 saturated carbocycles. The summed E-state index contributed by atoms with van der Waals surface area (Å²) in [5.74, 6) is 0.845. The van der Waals surface area contributed by atoms with Crippen molar-refractivity contribution in [2.45, 2.75) is 0 Å². The molecule has 0 spiro atoms. The van der Waals surface area contributed by atoms with Crippen LogP contribution in [0.1, 0.15) is 5.56 Å². The Labute approximate surface area is 87.8 Å². The molecular weight excluding hydrogens is 188 g/mol. The molecule has 74 valence electrons. The van der Waals surface area contributed by atoms with Gasteiger partial charge in [-0.05, 0) is 24.3 Å². The number of phenolic OH excluding ortho intramolecular Hbond substituents is 1. The van der Waals surface area contributed by atoms with Crippen LogP contribution in [0.5, 0.6) is 5.75 Å². The van der Waals surface area contributed by atoms with Crippen LogP contribution in [0.15, 0.2) is 53.7 Å². The van der Waals surface area contributed by atoms with E-state index in [2.05, 4.69) is 9.98 Å². The third-order valence-electron chi connectivity index (χ3n) is 1.92. The number of pyridine rings is 1. The Balaban J connectivity index is 2.23. The van der Waals surface area contributed by atoms with Crippen molar-refractivity contribution >= 4 is 12.0 Å². The van der Waals surface area contributed by atoms with Crippen molar-refractivity contribution in [3.63, 3.8) is 0 Å². The van der Waals surface area contributed by atoms with E-state index < -0.39 is 0 Å². The smallest absolute Gasteiger partial charge is 0.151 e. The van der Waals surface area contributed by atoms with Gasteiger partial charge >= 0.3 is 0 Å². The standard InChI is InChI=1S/C12H10N2O/c15-11-6-2-1-5-10(11)9-14-12-7-3-4-8-13-12/h1-9,15H/b14-9+. The van der Waals surface area contributed by atoms with Crippen molar-refractivity contribution in [3.05, 3.63) is 54.2 Å². The summed E-state index contributed by atoms with van der Waals surface area (Å²) in [7, 11) is 0. The molecule has 0 unspecified atom stereocenters. The minimum absolute atomic E-state index is 0.220. The Morgan fingerprint density at radius 2 is 1.87 bits per heavy atom. The highest BCUT2D eigenvalue weighted by Crippen LogP contribution is 2.14. The molecule has 1 N–H and O–H groups in total. The fraction of sp³-hybridized carbons (Fsp3) is 0. The van der Waals surface area contributed by atoms with Gasteiger partial charge in [0.05, 0.1) is 0 Å². The lowest BCUT2D eigenvalue weighted by Gasteiger charge is -1.96. The van der Waals surface area contributed by atoms with E-state index in [-0.39, 0.29) is 5.75 Å². The number of aromatic nitrogens is 1. The molecule has 2 aromatic rings. The predicted octanol–water partition coefficient (Wildman–Crippen LogP) is 2.54. The number of hydrogen-bond acceptors (Lipinski definition) is 3. The number of nitrogens with zero attached hydrogens (tertiary/aromatic N) is 2. The van der Waals surface area contributed by atoms with Gasteiger partial charge in [-0.3, -0.25) is 0 Å². The highest BCUT2D eigenvalue weighted by atomic mass is 16.3. The topological polar surface area (TPSA) is 45.5 Å². The zero-order chi connectivity index (χ0) is 10.5. The van der Waals surface area contributed by atoms with E-state index in [0.717, 1.165) is 0 Å². The first-order valence-electron chi connectivity index (χ1n) is 4.59. The molecule has 15 heavy (non-hydrogen) atoms. The fourth-order valence-electron chi connectivity index (χ4n) is 1.16. The minimum atomic E-state index is 0.220. The molecule has 1 aromatic carbocycles. The van der Waals surface area contributed by atoms with E-state index in [1.165, 1.54) is 0 Å². The zero-order valence-electron chi connectivity index (χ0n) is 8.04. The van der Waals surface area contributed by atoms with Crippen molar-refractivity contribution in [3.8, 4) is 5.75 Å². The van der Waals surface area contributed by atoms with Gasteiger partial charge in [0.1, 0.15) is 5.75 Å². The molecule has 0 fully saturated rings. The highest BCUT2D eigenvalue weighted by molar-refractivity contribution is 5.84. The van der Waals surface area contributed by atoms with Crippen LogP contribution in [0, 0.1) is 0 Å². The third-order valence-corrected chi connectivity index (χ3v) is 1.92. The number of aromatic hydroxyl groups is 1. The Morgan fingerprint density at radius 1 is 1.07 bits per heavy atom. The summed E-state index contributed by atoms with van der Waals surface area (Å²) in [6.07, 6.45) is 3.27. The van der Waals surface area contributed by atoms with Gasteiger partial charge in [0.25, 0.3) is 0 Å². The molecule has 0 atom stereocenters. The van der Waals surface area contributed by atoms with Crippen LogP contribution in [-0.4, -0.2) is 16.3 Å². The summed E-state index contributed by atoms with van der Waals surface area (Å²) in [6, 6.07) is 12.5. The molecule has 0 bridgehead atoms. The second-order valence-electron chi connectivity index (χ2n) is 3.00. The molecule has 0 radical (unpaired) electrons. The summed E-state index contributed by atoms with van der Waals surface area (Å²) in [4.78, 5) is 8.19.